The monoisotopic (exact) mass is 216 g/mol. The van der Waals surface area contributed by atoms with Crippen molar-refractivity contribution in [2.24, 2.45) is 4.99 Å². The van der Waals surface area contributed by atoms with E-state index in [0.717, 1.165) is 25.5 Å². The van der Waals surface area contributed by atoms with E-state index in [1.807, 2.05) is 18.5 Å². The lowest BCUT2D eigenvalue weighted by molar-refractivity contribution is 0.304. The molecule has 0 radical (unpaired) electrons. The Morgan fingerprint density at radius 1 is 1.50 bits per heavy atom. The third kappa shape index (κ3) is 1.54. The molecule has 4 nitrogen and oxygen atoms in total. The van der Waals surface area contributed by atoms with E-state index < -0.39 is 0 Å². The fourth-order valence-electron chi connectivity index (χ4n) is 2.51. The highest BCUT2D eigenvalue weighted by Gasteiger charge is 2.33. The topological polar surface area (TPSA) is 40.5 Å². The number of guanidine groups is 1. The van der Waals surface area contributed by atoms with Crippen molar-refractivity contribution >= 4 is 5.96 Å². The van der Waals surface area contributed by atoms with Crippen LogP contribution in [0.25, 0.3) is 0 Å². The molecule has 0 spiro atoms. The van der Waals surface area contributed by atoms with Gasteiger partial charge >= 0.3 is 0 Å². The summed E-state index contributed by atoms with van der Waals surface area (Å²) in [7, 11) is 0. The van der Waals surface area contributed by atoms with Crippen molar-refractivity contribution in [2.75, 3.05) is 13.1 Å². The number of rotatable bonds is 1. The fraction of sp³-hybridized carbons (Fsp3) is 0.500. The van der Waals surface area contributed by atoms with Crippen LogP contribution in [0.4, 0.5) is 0 Å². The Bertz CT molecular complexity index is 401. The minimum absolute atomic E-state index is 0.443. The van der Waals surface area contributed by atoms with Crippen molar-refractivity contribution in [1.29, 1.82) is 0 Å². The zero-order chi connectivity index (χ0) is 11.0. The number of hydrogen-bond acceptors (Lipinski definition) is 4. The van der Waals surface area contributed by atoms with E-state index in [1.165, 1.54) is 5.56 Å². The maximum absolute atomic E-state index is 4.53. The second kappa shape index (κ2) is 3.77. The first-order valence-electron chi connectivity index (χ1n) is 5.82. The van der Waals surface area contributed by atoms with E-state index in [4.69, 9.17) is 0 Å². The Kier molecular flexibility index (Phi) is 2.27. The van der Waals surface area contributed by atoms with Crippen LogP contribution in [0.5, 0.6) is 0 Å². The second-order valence-corrected chi connectivity index (χ2v) is 4.49. The van der Waals surface area contributed by atoms with Crippen LogP contribution < -0.4 is 5.32 Å². The number of aliphatic imine (C=N–C) groups is 1. The van der Waals surface area contributed by atoms with Gasteiger partial charge in [-0.1, -0.05) is 6.07 Å². The fourth-order valence-corrected chi connectivity index (χ4v) is 2.51. The van der Waals surface area contributed by atoms with Gasteiger partial charge in [0.2, 0.25) is 0 Å². The Balaban J connectivity index is 1.90. The van der Waals surface area contributed by atoms with Gasteiger partial charge in [-0.25, -0.2) is 0 Å². The molecule has 4 heteroatoms. The predicted molar refractivity (Wildman–Crippen MR) is 63.2 cm³/mol. The van der Waals surface area contributed by atoms with Crippen LogP contribution in [0.3, 0.4) is 0 Å². The summed E-state index contributed by atoms with van der Waals surface area (Å²) < 4.78 is 0. The first kappa shape index (κ1) is 9.63. The molecule has 1 aromatic rings. The molecule has 16 heavy (non-hydrogen) atoms. The van der Waals surface area contributed by atoms with Crippen molar-refractivity contribution < 1.29 is 0 Å². The maximum Gasteiger partial charge on any atom is 0.194 e. The summed E-state index contributed by atoms with van der Waals surface area (Å²) in [5.74, 6) is 1.06. The van der Waals surface area contributed by atoms with Gasteiger partial charge in [0.1, 0.15) is 0 Å². The second-order valence-electron chi connectivity index (χ2n) is 4.49. The largest absolute Gasteiger partial charge is 0.352 e. The van der Waals surface area contributed by atoms with Gasteiger partial charge in [-0.15, -0.1) is 0 Å². The summed E-state index contributed by atoms with van der Waals surface area (Å²) in [6.45, 7) is 4.14. The summed E-state index contributed by atoms with van der Waals surface area (Å²) in [6.07, 6.45) is 4.88. The number of pyridine rings is 1. The van der Waals surface area contributed by atoms with Crippen LogP contribution in [0, 0.1) is 0 Å². The highest BCUT2D eigenvalue weighted by Crippen LogP contribution is 2.29. The van der Waals surface area contributed by atoms with E-state index in [2.05, 4.69) is 33.2 Å². The SMILES string of the molecule is CC1CN2C(=NCCC2c2cccnc2)N1. The summed E-state index contributed by atoms with van der Waals surface area (Å²) in [5.41, 5.74) is 1.30. The van der Waals surface area contributed by atoms with Gasteiger partial charge in [0.25, 0.3) is 0 Å². The van der Waals surface area contributed by atoms with Crippen molar-refractivity contribution in [3.63, 3.8) is 0 Å². The molecule has 1 fully saturated rings. The van der Waals surface area contributed by atoms with Crippen molar-refractivity contribution in [3.05, 3.63) is 30.1 Å². The van der Waals surface area contributed by atoms with Crippen LogP contribution >= 0.6 is 0 Å². The molecule has 3 heterocycles. The lowest BCUT2D eigenvalue weighted by Crippen LogP contribution is -2.37. The number of hydrogen-bond donors (Lipinski definition) is 1. The van der Waals surface area contributed by atoms with Gasteiger partial charge in [0.05, 0.1) is 6.04 Å². The first-order chi connectivity index (χ1) is 7.84. The molecule has 1 N–H and O–H groups in total. The molecule has 84 valence electrons. The van der Waals surface area contributed by atoms with E-state index in [0.29, 0.717) is 12.1 Å². The van der Waals surface area contributed by atoms with Gasteiger partial charge in [-0.3, -0.25) is 9.98 Å². The quantitative estimate of drug-likeness (QED) is 0.766. The van der Waals surface area contributed by atoms with Gasteiger partial charge in [-0.2, -0.15) is 0 Å². The summed E-state index contributed by atoms with van der Waals surface area (Å²) in [5, 5.41) is 3.41. The number of aromatic nitrogens is 1. The Morgan fingerprint density at radius 2 is 2.44 bits per heavy atom. The standard InChI is InChI=1S/C12H16N4/c1-9-8-16-11(4-6-14-12(16)15-9)10-3-2-5-13-7-10/h2-3,5,7,9,11H,4,6,8H2,1H3,(H,14,15). The van der Waals surface area contributed by atoms with Crippen LogP contribution in [0.15, 0.2) is 29.5 Å². The van der Waals surface area contributed by atoms with E-state index in [1.54, 1.807) is 0 Å². The normalized spacial score (nSPS) is 28.3. The van der Waals surface area contributed by atoms with Gasteiger partial charge in [0.15, 0.2) is 5.96 Å². The van der Waals surface area contributed by atoms with Crippen molar-refractivity contribution in [2.45, 2.75) is 25.4 Å². The minimum Gasteiger partial charge on any atom is -0.352 e. The highest BCUT2D eigenvalue weighted by molar-refractivity contribution is 5.83. The molecule has 0 saturated carbocycles. The maximum atomic E-state index is 4.53. The molecule has 0 amide bonds. The molecule has 1 saturated heterocycles. The Hall–Kier alpha value is -1.58. The Labute approximate surface area is 95.4 Å². The van der Waals surface area contributed by atoms with Crippen LogP contribution in [0.1, 0.15) is 24.9 Å². The molecular weight excluding hydrogens is 200 g/mol. The highest BCUT2D eigenvalue weighted by atomic mass is 15.4. The molecule has 1 aromatic heterocycles. The van der Waals surface area contributed by atoms with Gasteiger partial charge < -0.3 is 10.2 Å². The third-order valence-corrected chi connectivity index (χ3v) is 3.23. The average Bonchev–Trinajstić information content (AvgIpc) is 2.70. The lowest BCUT2D eigenvalue weighted by Gasteiger charge is -2.32. The van der Waals surface area contributed by atoms with E-state index in [-0.39, 0.29) is 0 Å². The molecule has 2 aliphatic rings. The minimum atomic E-state index is 0.443. The van der Waals surface area contributed by atoms with E-state index in [9.17, 15) is 0 Å². The molecule has 2 unspecified atom stereocenters. The smallest absolute Gasteiger partial charge is 0.194 e. The molecule has 2 aliphatic heterocycles. The average molecular weight is 216 g/mol. The van der Waals surface area contributed by atoms with Crippen LogP contribution in [-0.4, -0.2) is 35.0 Å². The predicted octanol–water partition coefficient (Wildman–Crippen LogP) is 1.18. The molecule has 0 bridgehead atoms. The molecule has 0 aromatic carbocycles. The van der Waals surface area contributed by atoms with Crippen molar-refractivity contribution in [1.82, 2.24) is 15.2 Å². The van der Waals surface area contributed by atoms with Crippen LogP contribution in [0.2, 0.25) is 0 Å². The molecular formula is C12H16N4. The van der Waals surface area contributed by atoms with Crippen molar-refractivity contribution in [3.8, 4) is 0 Å². The van der Waals surface area contributed by atoms with Gasteiger partial charge in [-0.05, 0) is 25.0 Å². The first-order valence-corrected chi connectivity index (χ1v) is 5.82. The summed E-state index contributed by atoms with van der Waals surface area (Å²) in [6, 6.07) is 5.10. The lowest BCUT2D eigenvalue weighted by atomic mass is 10.0. The van der Waals surface area contributed by atoms with Gasteiger partial charge in [0, 0.05) is 31.5 Å². The third-order valence-electron chi connectivity index (χ3n) is 3.23. The summed E-state index contributed by atoms with van der Waals surface area (Å²) in [4.78, 5) is 11.1. The molecule has 3 rings (SSSR count). The Morgan fingerprint density at radius 3 is 3.25 bits per heavy atom. The number of nitrogens with one attached hydrogen (secondary N) is 1. The zero-order valence-corrected chi connectivity index (χ0v) is 9.43. The van der Waals surface area contributed by atoms with E-state index >= 15 is 0 Å². The number of nitrogens with zero attached hydrogens (tertiary/aromatic N) is 3. The molecule has 2 atom stereocenters. The molecule has 0 aliphatic carbocycles. The number of fused-ring (bicyclic) bond motifs is 1. The zero-order valence-electron chi connectivity index (χ0n) is 9.43. The summed E-state index contributed by atoms with van der Waals surface area (Å²) >= 11 is 0. The van der Waals surface area contributed by atoms with Crippen LogP contribution in [-0.2, 0) is 0 Å².